The van der Waals surface area contributed by atoms with E-state index in [0.29, 0.717) is 6.54 Å². The summed E-state index contributed by atoms with van der Waals surface area (Å²) in [4.78, 5) is 13.4. The van der Waals surface area contributed by atoms with Crippen molar-refractivity contribution in [3.8, 4) is 11.1 Å². The zero-order valence-electron chi connectivity index (χ0n) is 19.0. The summed E-state index contributed by atoms with van der Waals surface area (Å²) >= 11 is 0. The van der Waals surface area contributed by atoms with Gasteiger partial charge in [-0.15, -0.1) is 0 Å². The van der Waals surface area contributed by atoms with Gasteiger partial charge in [-0.2, -0.15) is 0 Å². The summed E-state index contributed by atoms with van der Waals surface area (Å²) in [7, 11) is 0. The zero-order chi connectivity index (χ0) is 22.6. The molecule has 0 aliphatic carbocycles. The van der Waals surface area contributed by atoms with E-state index in [0.717, 1.165) is 18.5 Å². The van der Waals surface area contributed by atoms with E-state index in [4.69, 9.17) is 0 Å². The van der Waals surface area contributed by atoms with Gasteiger partial charge in [0.2, 0.25) is 5.91 Å². The first kappa shape index (κ1) is 21.4. The third kappa shape index (κ3) is 4.69. The van der Waals surface area contributed by atoms with Crippen LogP contribution in [0.5, 0.6) is 0 Å². The lowest BCUT2D eigenvalue weighted by Gasteiger charge is -2.32. The molecule has 3 nitrogen and oxygen atoms in total. The smallest absolute Gasteiger partial charge is 0.225 e. The molecule has 0 bridgehead atoms. The Labute approximate surface area is 195 Å². The Kier molecular flexibility index (Phi) is 6.23. The van der Waals surface area contributed by atoms with E-state index in [2.05, 4.69) is 109 Å². The van der Waals surface area contributed by atoms with Gasteiger partial charge in [-0.25, -0.2) is 0 Å². The van der Waals surface area contributed by atoms with Crippen molar-refractivity contribution in [1.82, 2.24) is 10.6 Å². The van der Waals surface area contributed by atoms with Gasteiger partial charge in [0.15, 0.2) is 0 Å². The summed E-state index contributed by atoms with van der Waals surface area (Å²) in [6.07, 6.45) is 0.965. The molecule has 1 amide bonds. The van der Waals surface area contributed by atoms with Crippen molar-refractivity contribution in [2.45, 2.75) is 25.3 Å². The molecule has 5 rings (SSSR count). The molecule has 166 valence electrons. The quantitative estimate of drug-likeness (QED) is 0.400. The van der Waals surface area contributed by atoms with Crippen LogP contribution in [0.4, 0.5) is 0 Å². The minimum absolute atomic E-state index is 0.0369. The van der Waals surface area contributed by atoms with E-state index in [-0.39, 0.29) is 23.8 Å². The van der Waals surface area contributed by atoms with Crippen LogP contribution < -0.4 is 10.6 Å². The van der Waals surface area contributed by atoms with E-state index >= 15 is 0 Å². The number of amides is 1. The summed E-state index contributed by atoms with van der Waals surface area (Å²) in [5, 5.41) is 9.14. The van der Waals surface area contributed by atoms with Crippen molar-refractivity contribution in [2.24, 2.45) is 5.92 Å². The van der Waals surface area contributed by atoms with Gasteiger partial charge in [0.25, 0.3) is 0 Å². The van der Waals surface area contributed by atoms with E-state index < -0.39 is 0 Å². The second kappa shape index (κ2) is 9.60. The lowest BCUT2D eigenvalue weighted by molar-refractivity contribution is -0.126. The molecular formula is C30H30N2O. The number of carbonyl (C=O) groups is 1. The second-order valence-corrected chi connectivity index (χ2v) is 9.03. The fourth-order valence-electron chi connectivity index (χ4n) is 4.97. The molecule has 2 N–H and O–H groups in total. The van der Waals surface area contributed by atoms with Gasteiger partial charge < -0.3 is 10.6 Å². The summed E-state index contributed by atoms with van der Waals surface area (Å²) in [5.41, 5.74) is 4.80. The molecular weight excluding hydrogens is 404 g/mol. The predicted molar refractivity (Wildman–Crippen MR) is 136 cm³/mol. The van der Waals surface area contributed by atoms with Crippen LogP contribution in [0.15, 0.2) is 97.1 Å². The molecule has 1 heterocycles. The van der Waals surface area contributed by atoms with Gasteiger partial charge in [0.1, 0.15) is 0 Å². The highest BCUT2D eigenvalue weighted by molar-refractivity contribution is 5.84. The van der Waals surface area contributed by atoms with Crippen LogP contribution in [-0.4, -0.2) is 19.0 Å². The van der Waals surface area contributed by atoms with Crippen LogP contribution in [0.3, 0.4) is 0 Å². The number of hydrogen-bond donors (Lipinski definition) is 2. The Bertz CT molecular complexity index is 1230. The molecule has 4 aromatic carbocycles. The molecule has 1 aliphatic heterocycles. The number of piperidine rings is 1. The maximum atomic E-state index is 13.4. The van der Waals surface area contributed by atoms with Gasteiger partial charge in [0, 0.05) is 6.54 Å². The van der Waals surface area contributed by atoms with E-state index in [1.54, 1.807) is 0 Å². The SMILES string of the molecule is CC(NC(=O)C1CNCCC1c1ccc(-c2ccccc2)cc1)c1ccc2ccccc2c1. The maximum Gasteiger partial charge on any atom is 0.225 e. The third-order valence-electron chi connectivity index (χ3n) is 6.90. The number of rotatable bonds is 5. The van der Waals surface area contributed by atoms with Crippen molar-refractivity contribution < 1.29 is 4.79 Å². The van der Waals surface area contributed by atoms with Gasteiger partial charge in [-0.3, -0.25) is 4.79 Å². The Hall–Kier alpha value is -3.43. The molecule has 0 radical (unpaired) electrons. The van der Waals surface area contributed by atoms with Gasteiger partial charge in [0.05, 0.1) is 12.0 Å². The topological polar surface area (TPSA) is 41.1 Å². The van der Waals surface area contributed by atoms with Gasteiger partial charge >= 0.3 is 0 Å². The van der Waals surface area contributed by atoms with Gasteiger partial charge in [-0.05, 0) is 64.9 Å². The number of benzene rings is 4. The van der Waals surface area contributed by atoms with Crippen molar-refractivity contribution in [3.63, 3.8) is 0 Å². The maximum absolute atomic E-state index is 13.4. The summed E-state index contributed by atoms with van der Waals surface area (Å²) < 4.78 is 0. The second-order valence-electron chi connectivity index (χ2n) is 9.03. The normalized spacial score (nSPS) is 19.2. The Morgan fingerprint density at radius 2 is 1.55 bits per heavy atom. The first-order valence-electron chi connectivity index (χ1n) is 11.8. The highest BCUT2D eigenvalue weighted by Crippen LogP contribution is 2.33. The summed E-state index contributed by atoms with van der Waals surface area (Å²) in [5.74, 6) is 0.268. The number of nitrogens with one attached hydrogen (secondary N) is 2. The van der Waals surface area contributed by atoms with E-state index in [1.807, 2.05) is 6.07 Å². The highest BCUT2D eigenvalue weighted by atomic mass is 16.2. The average Bonchev–Trinajstić information content (AvgIpc) is 2.89. The van der Waals surface area contributed by atoms with Crippen LogP contribution in [0, 0.1) is 5.92 Å². The van der Waals surface area contributed by atoms with E-state index in [1.165, 1.54) is 27.5 Å². The van der Waals surface area contributed by atoms with Crippen LogP contribution in [0.1, 0.15) is 36.4 Å². The minimum Gasteiger partial charge on any atom is -0.349 e. The number of fused-ring (bicyclic) bond motifs is 1. The third-order valence-corrected chi connectivity index (χ3v) is 6.90. The van der Waals surface area contributed by atoms with Crippen LogP contribution >= 0.6 is 0 Å². The summed E-state index contributed by atoms with van der Waals surface area (Å²) in [6.45, 7) is 3.72. The monoisotopic (exact) mass is 434 g/mol. The van der Waals surface area contributed by atoms with Crippen LogP contribution in [0.2, 0.25) is 0 Å². The minimum atomic E-state index is -0.0794. The molecule has 3 atom stereocenters. The lowest BCUT2D eigenvalue weighted by Crippen LogP contribution is -2.45. The molecule has 1 fully saturated rings. The molecule has 3 unspecified atom stereocenters. The standard InChI is InChI=1S/C30H30N2O/c1-21(26-16-13-23-9-5-6-10-27(23)19-26)32-30(33)29-20-31-18-17-28(29)25-14-11-24(12-15-25)22-7-3-2-4-8-22/h2-16,19,21,28-29,31H,17-18,20H2,1H3,(H,32,33). The Morgan fingerprint density at radius 1 is 0.848 bits per heavy atom. The first-order chi connectivity index (χ1) is 16.2. The predicted octanol–water partition coefficient (Wildman–Crippen LogP) is 6.08. The fraction of sp³-hybridized carbons (Fsp3) is 0.233. The van der Waals surface area contributed by atoms with E-state index in [9.17, 15) is 4.79 Å². The summed E-state index contributed by atoms with van der Waals surface area (Å²) in [6, 6.07) is 33.9. The molecule has 0 spiro atoms. The van der Waals surface area contributed by atoms with Crippen molar-refractivity contribution >= 4 is 16.7 Å². The van der Waals surface area contributed by atoms with Crippen LogP contribution in [-0.2, 0) is 4.79 Å². The molecule has 0 saturated carbocycles. The molecule has 4 aromatic rings. The first-order valence-corrected chi connectivity index (χ1v) is 11.8. The largest absolute Gasteiger partial charge is 0.349 e. The van der Waals surface area contributed by atoms with Crippen molar-refractivity contribution in [3.05, 3.63) is 108 Å². The number of hydrogen-bond acceptors (Lipinski definition) is 2. The Balaban J connectivity index is 1.32. The average molecular weight is 435 g/mol. The fourth-order valence-corrected chi connectivity index (χ4v) is 4.97. The van der Waals surface area contributed by atoms with Crippen LogP contribution in [0.25, 0.3) is 21.9 Å². The van der Waals surface area contributed by atoms with Crippen molar-refractivity contribution in [1.29, 1.82) is 0 Å². The van der Waals surface area contributed by atoms with Crippen molar-refractivity contribution in [2.75, 3.05) is 13.1 Å². The lowest BCUT2D eigenvalue weighted by atomic mass is 9.80. The number of carbonyl (C=O) groups excluding carboxylic acids is 1. The molecule has 0 aromatic heterocycles. The molecule has 33 heavy (non-hydrogen) atoms. The van der Waals surface area contributed by atoms with Gasteiger partial charge in [-0.1, -0.05) is 91.0 Å². The highest BCUT2D eigenvalue weighted by Gasteiger charge is 2.32. The molecule has 1 saturated heterocycles. The Morgan fingerprint density at radius 3 is 2.33 bits per heavy atom. The zero-order valence-corrected chi connectivity index (χ0v) is 19.0. The molecule has 1 aliphatic rings. The molecule has 3 heteroatoms.